The van der Waals surface area contributed by atoms with Gasteiger partial charge in [-0.25, -0.2) is 8.42 Å². The summed E-state index contributed by atoms with van der Waals surface area (Å²) >= 11 is 0. The number of nitrogens with zero attached hydrogens (tertiary/aromatic N) is 1. The predicted octanol–water partition coefficient (Wildman–Crippen LogP) is 3.26. The normalized spacial score (nSPS) is 14.0. The molecule has 2 rings (SSSR count). The average Bonchev–Trinajstić information content (AvgIpc) is 3.00. The van der Waals surface area contributed by atoms with Gasteiger partial charge in [0.05, 0.1) is 37.3 Å². The Labute approximate surface area is 268 Å². The van der Waals surface area contributed by atoms with Crippen LogP contribution in [0.3, 0.4) is 0 Å². The van der Waals surface area contributed by atoms with Crippen molar-refractivity contribution in [3.63, 3.8) is 0 Å². The van der Waals surface area contributed by atoms with Gasteiger partial charge < -0.3 is 20.5 Å². The van der Waals surface area contributed by atoms with Gasteiger partial charge in [-0.3, -0.25) is 24.0 Å². The minimum absolute atomic E-state index is 0.0653. The summed E-state index contributed by atoms with van der Waals surface area (Å²) < 4.78 is 28.3. The summed E-state index contributed by atoms with van der Waals surface area (Å²) in [5, 5.41) is 24.7. The Bertz CT molecular complexity index is 1530. The molecule has 0 aliphatic rings. The van der Waals surface area contributed by atoms with Crippen molar-refractivity contribution in [2.75, 3.05) is 6.26 Å². The zero-order valence-electron chi connectivity index (χ0n) is 25.9. The smallest absolute Gasteiger partial charge is 0.306 e. The van der Waals surface area contributed by atoms with Crippen molar-refractivity contribution >= 4 is 39.4 Å². The van der Waals surface area contributed by atoms with Crippen LogP contribution in [0.5, 0.6) is 0 Å². The van der Waals surface area contributed by atoms with Crippen LogP contribution in [-0.2, 0) is 45.2 Å². The maximum atomic E-state index is 13.7. The number of Topliss-reactive ketones (excluding diaryl/α,β-unsaturated/α-hetero) is 1. The third-order valence-corrected chi connectivity index (χ3v) is 7.60. The molecule has 46 heavy (non-hydrogen) atoms. The maximum Gasteiger partial charge on any atom is 0.306 e. The predicted molar refractivity (Wildman–Crippen MR) is 168 cm³/mol. The van der Waals surface area contributed by atoms with Gasteiger partial charge >= 0.3 is 11.9 Å². The molecular formula is C33H39N3O9S. The molecule has 0 unspecified atom stereocenters. The molecule has 0 fully saturated rings. The molecule has 2 aromatic rings. The summed E-state index contributed by atoms with van der Waals surface area (Å²) in [7, 11) is -3.52. The molecule has 246 valence electrons. The molecule has 13 heteroatoms. The molecular weight excluding hydrogens is 614 g/mol. The lowest BCUT2D eigenvalue weighted by atomic mass is 9.86. The van der Waals surface area contributed by atoms with Crippen molar-refractivity contribution in [3.05, 3.63) is 83.3 Å². The number of carbonyl (C=O) groups excluding carboxylic acids is 4. The number of ether oxygens (including phenoxy) is 1. The Morgan fingerprint density at radius 1 is 0.913 bits per heavy atom. The standard InChI is InChI=1S/C33H39N3O9S/c1-22(2)27(33(42)35-26(14-16-34)15-17-46(3,43)44)20-28(37)31(24-12-8-5-9-13-24)36-32(41)25(18-29(38)39)19-30(40)45-21-23-10-6-4-7-11-23/h4-13,15,17,22,25-27,31H,14,18-21H2,1-3H3,(H,35,42)(H,36,41)(H,38,39)/b17-15+/t25-,26+,27+,31+/m1/s1. The monoisotopic (exact) mass is 653 g/mol. The number of nitrogens with one attached hydrogen (secondary N) is 2. The molecule has 0 bridgehead atoms. The summed E-state index contributed by atoms with van der Waals surface area (Å²) in [6, 6.07) is 16.7. The maximum absolute atomic E-state index is 13.7. The van der Waals surface area contributed by atoms with Gasteiger partial charge in [0.15, 0.2) is 15.6 Å². The number of hydrogen-bond donors (Lipinski definition) is 3. The van der Waals surface area contributed by atoms with Crippen LogP contribution in [0.4, 0.5) is 0 Å². The molecule has 0 spiro atoms. The summed E-state index contributed by atoms with van der Waals surface area (Å²) in [6.45, 7) is 3.36. The van der Waals surface area contributed by atoms with Crippen molar-refractivity contribution in [2.24, 2.45) is 17.8 Å². The second-order valence-electron chi connectivity index (χ2n) is 11.2. The molecule has 0 radical (unpaired) electrons. The SMILES string of the molecule is CC(C)[C@H](CC(=O)[C@@H](NC(=O)[C@H](CC(=O)O)CC(=O)OCc1ccccc1)c1ccccc1)C(=O)N[C@H](/C=C/S(C)(=O)=O)CC#N. The molecule has 3 N–H and O–H groups in total. The van der Waals surface area contributed by atoms with Crippen LogP contribution in [-0.4, -0.2) is 55.4 Å². The summed E-state index contributed by atoms with van der Waals surface area (Å²) in [5.41, 5.74) is 1.09. The number of hydrogen-bond acceptors (Lipinski definition) is 9. The van der Waals surface area contributed by atoms with Gasteiger partial charge in [0.1, 0.15) is 12.6 Å². The van der Waals surface area contributed by atoms with Crippen molar-refractivity contribution in [1.82, 2.24) is 10.6 Å². The van der Waals surface area contributed by atoms with Crippen LogP contribution in [0, 0.1) is 29.1 Å². The number of carbonyl (C=O) groups is 5. The van der Waals surface area contributed by atoms with E-state index in [-0.39, 0.29) is 25.4 Å². The van der Waals surface area contributed by atoms with Crippen LogP contribution in [0.25, 0.3) is 0 Å². The Hall–Kier alpha value is -4.83. The van der Waals surface area contributed by atoms with Crippen molar-refractivity contribution in [2.45, 2.75) is 58.2 Å². The van der Waals surface area contributed by atoms with E-state index in [4.69, 9.17) is 10.00 Å². The number of carboxylic acid groups (broad SMARTS) is 1. The Morgan fingerprint density at radius 2 is 1.52 bits per heavy atom. The minimum Gasteiger partial charge on any atom is -0.481 e. The first-order chi connectivity index (χ1) is 21.7. The van der Waals surface area contributed by atoms with Crippen LogP contribution in [0.15, 0.2) is 72.1 Å². The molecule has 0 saturated heterocycles. The number of sulfone groups is 1. The van der Waals surface area contributed by atoms with Gasteiger partial charge in [0.2, 0.25) is 11.8 Å². The second kappa shape index (κ2) is 18.2. The van der Waals surface area contributed by atoms with Crippen molar-refractivity contribution in [3.8, 4) is 6.07 Å². The van der Waals surface area contributed by atoms with E-state index in [2.05, 4.69) is 10.6 Å². The fourth-order valence-corrected chi connectivity index (χ4v) is 4.96. The quantitative estimate of drug-likeness (QED) is 0.201. The highest BCUT2D eigenvalue weighted by atomic mass is 32.2. The molecule has 2 aromatic carbocycles. The van der Waals surface area contributed by atoms with E-state index < -0.39 is 76.1 Å². The minimum atomic E-state index is -3.52. The molecule has 4 atom stereocenters. The number of ketones is 1. The van der Waals surface area contributed by atoms with E-state index in [1.807, 2.05) is 6.07 Å². The molecule has 0 aliphatic carbocycles. The Morgan fingerprint density at radius 3 is 2.07 bits per heavy atom. The lowest BCUT2D eigenvalue weighted by Crippen LogP contribution is -2.43. The first-order valence-corrected chi connectivity index (χ1v) is 16.5. The highest BCUT2D eigenvalue weighted by molar-refractivity contribution is 7.93. The van der Waals surface area contributed by atoms with Gasteiger partial charge in [0, 0.05) is 24.0 Å². The highest BCUT2D eigenvalue weighted by Gasteiger charge is 2.33. The summed E-state index contributed by atoms with van der Waals surface area (Å²) in [5.74, 6) is -6.78. The van der Waals surface area contributed by atoms with Gasteiger partial charge in [-0.2, -0.15) is 5.26 Å². The molecule has 0 aromatic heterocycles. The van der Waals surface area contributed by atoms with Crippen LogP contribution >= 0.6 is 0 Å². The molecule has 2 amide bonds. The third kappa shape index (κ3) is 13.4. The number of amides is 2. The molecule has 0 saturated carbocycles. The van der Waals surface area contributed by atoms with E-state index >= 15 is 0 Å². The van der Waals surface area contributed by atoms with Crippen LogP contribution in [0.2, 0.25) is 0 Å². The second-order valence-corrected chi connectivity index (χ2v) is 13.1. The number of esters is 1. The Balaban J connectivity index is 2.26. The van der Waals surface area contributed by atoms with E-state index in [0.717, 1.165) is 11.7 Å². The summed E-state index contributed by atoms with van der Waals surface area (Å²) in [6.07, 6.45) is 0.367. The first kappa shape index (κ1) is 37.4. The first-order valence-electron chi connectivity index (χ1n) is 14.5. The van der Waals surface area contributed by atoms with Gasteiger partial charge in [-0.05, 0) is 23.1 Å². The lowest BCUT2D eigenvalue weighted by Gasteiger charge is -2.26. The zero-order valence-corrected chi connectivity index (χ0v) is 26.7. The Kier molecular flexibility index (Phi) is 14.8. The van der Waals surface area contributed by atoms with E-state index in [1.54, 1.807) is 74.5 Å². The van der Waals surface area contributed by atoms with Crippen LogP contribution < -0.4 is 10.6 Å². The molecule has 12 nitrogen and oxygen atoms in total. The average molecular weight is 654 g/mol. The van der Waals surface area contributed by atoms with E-state index in [9.17, 15) is 37.5 Å². The number of benzene rings is 2. The number of nitriles is 1. The van der Waals surface area contributed by atoms with E-state index in [1.165, 1.54) is 6.08 Å². The topological polar surface area (TPSA) is 197 Å². The third-order valence-electron chi connectivity index (χ3n) is 6.95. The van der Waals surface area contributed by atoms with Gasteiger partial charge in [-0.1, -0.05) is 74.5 Å². The number of aliphatic carboxylic acids is 1. The fourth-order valence-electron chi connectivity index (χ4n) is 4.48. The zero-order chi connectivity index (χ0) is 34.3. The number of carboxylic acids is 1. The largest absolute Gasteiger partial charge is 0.481 e. The summed E-state index contributed by atoms with van der Waals surface area (Å²) in [4.78, 5) is 64.6. The van der Waals surface area contributed by atoms with Crippen LogP contribution in [0.1, 0.15) is 56.7 Å². The highest BCUT2D eigenvalue weighted by Crippen LogP contribution is 2.24. The lowest BCUT2D eigenvalue weighted by molar-refractivity contribution is -0.150. The molecule has 0 heterocycles. The van der Waals surface area contributed by atoms with Gasteiger partial charge in [-0.15, -0.1) is 0 Å². The van der Waals surface area contributed by atoms with E-state index in [0.29, 0.717) is 11.1 Å². The van der Waals surface area contributed by atoms with Gasteiger partial charge in [0.25, 0.3) is 0 Å². The van der Waals surface area contributed by atoms with Crippen molar-refractivity contribution < 1.29 is 42.2 Å². The fraction of sp³-hybridized carbons (Fsp3) is 0.394. The van der Waals surface area contributed by atoms with Crippen molar-refractivity contribution in [1.29, 1.82) is 5.26 Å². The number of rotatable bonds is 18. The molecule has 0 aliphatic heterocycles.